The van der Waals surface area contributed by atoms with Gasteiger partial charge in [0, 0.05) is 29.1 Å². The van der Waals surface area contributed by atoms with Gasteiger partial charge >= 0.3 is 0 Å². The van der Waals surface area contributed by atoms with Crippen LogP contribution in [-0.4, -0.2) is 39.0 Å². The lowest BCUT2D eigenvalue weighted by atomic mass is 10.4. The predicted octanol–water partition coefficient (Wildman–Crippen LogP) is 1.46. The largest absolute Gasteiger partial charge is 0.368 e. The van der Waals surface area contributed by atoms with E-state index in [4.69, 9.17) is 5.73 Å². The van der Waals surface area contributed by atoms with Crippen LogP contribution in [0.25, 0.3) is 0 Å². The summed E-state index contributed by atoms with van der Waals surface area (Å²) in [7, 11) is 0. The Balaban J connectivity index is 1.90. The molecule has 1 unspecified atom stereocenters. The van der Waals surface area contributed by atoms with Crippen molar-refractivity contribution in [2.45, 2.75) is 5.25 Å². The van der Waals surface area contributed by atoms with E-state index in [0.29, 0.717) is 11.8 Å². The molecule has 1 aliphatic rings. The predicted molar refractivity (Wildman–Crippen MR) is 68.5 cm³/mol. The number of hydrogen-bond donors (Lipinski definition) is 2. The second kappa shape index (κ2) is 5.58. The summed E-state index contributed by atoms with van der Waals surface area (Å²) in [6.07, 6.45) is 1.09. The first-order valence-corrected chi connectivity index (χ1v) is 7.17. The lowest BCUT2D eigenvalue weighted by Gasteiger charge is -2.21. The fourth-order valence-electron chi connectivity index (χ4n) is 1.37. The van der Waals surface area contributed by atoms with E-state index < -0.39 is 5.82 Å². The Morgan fingerprint density at radius 2 is 2.44 bits per heavy atom. The van der Waals surface area contributed by atoms with E-state index >= 15 is 0 Å². The number of nitrogen functional groups attached to an aromatic ring is 1. The van der Waals surface area contributed by atoms with Crippen LogP contribution in [0, 0.1) is 5.82 Å². The van der Waals surface area contributed by atoms with Crippen LogP contribution in [0.5, 0.6) is 0 Å². The number of aromatic nitrogens is 2. The molecule has 2 heterocycles. The minimum atomic E-state index is -0.456. The molecule has 0 radical (unpaired) electrons. The number of hydrogen-bond acceptors (Lipinski definition) is 6. The molecule has 7 heteroatoms. The molecule has 0 saturated carbocycles. The van der Waals surface area contributed by atoms with Gasteiger partial charge in [-0.05, 0) is 0 Å². The summed E-state index contributed by atoms with van der Waals surface area (Å²) < 4.78 is 13.3. The van der Waals surface area contributed by atoms with Crippen LogP contribution in [0.2, 0.25) is 0 Å². The molecule has 1 aliphatic heterocycles. The second-order valence-electron chi connectivity index (χ2n) is 3.37. The molecule has 16 heavy (non-hydrogen) atoms. The van der Waals surface area contributed by atoms with Gasteiger partial charge in [-0.1, -0.05) is 0 Å². The smallest absolute Gasteiger partial charge is 0.222 e. The van der Waals surface area contributed by atoms with Gasteiger partial charge in [0.05, 0.1) is 6.20 Å². The zero-order valence-corrected chi connectivity index (χ0v) is 10.3. The molecule has 88 valence electrons. The van der Waals surface area contributed by atoms with Gasteiger partial charge in [-0.2, -0.15) is 28.5 Å². The van der Waals surface area contributed by atoms with E-state index in [1.165, 1.54) is 5.75 Å². The van der Waals surface area contributed by atoms with E-state index in [-0.39, 0.29) is 11.8 Å². The van der Waals surface area contributed by atoms with Crippen molar-refractivity contribution < 1.29 is 4.39 Å². The molecule has 0 amide bonds. The third-order valence-corrected chi connectivity index (χ3v) is 4.99. The van der Waals surface area contributed by atoms with Crippen LogP contribution in [0.4, 0.5) is 16.2 Å². The van der Waals surface area contributed by atoms with Gasteiger partial charge < -0.3 is 11.1 Å². The molecule has 4 nitrogen and oxygen atoms in total. The number of nitrogens with two attached hydrogens (primary N) is 1. The van der Waals surface area contributed by atoms with Crippen molar-refractivity contribution in [3.8, 4) is 0 Å². The number of rotatable bonds is 3. The summed E-state index contributed by atoms with van der Waals surface area (Å²) in [5.74, 6) is 3.29. The van der Waals surface area contributed by atoms with Crippen molar-refractivity contribution in [2.75, 3.05) is 34.9 Å². The van der Waals surface area contributed by atoms with Crippen molar-refractivity contribution in [1.29, 1.82) is 0 Å². The SMILES string of the molecule is Nc1ncc(F)c(NCC2CSCCS2)n1. The Hall–Kier alpha value is -0.690. The molecule has 0 spiro atoms. The number of halogens is 1. The Bertz CT molecular complexity index is 357. The second-order valence-corrected chi connectivity index (χ2v) is 5.93. The molecule has 3 N–H and O–H groups in total. The van der Waals surface area contributed by atoms with E-state index in [2.05, 4.69) is 15.3 Å². The highest BCUT2D eigenvalue weighted by Crippen LogP contribution is 2.24. The summed E-state index contributed by atoms with van der Waals surface area (Å²) in [4.78, 5) is 7.40. The number of anilines is 2. The monoisotopic (exact) mass is 260 g/mol. The Morgan fingerprint density at radius 1 is 1.56 bits per heavy atom. The van der Waals surface area contributed by atoms with Crippen LogP contribution in [0.1, 0.15) is 0 Å². The highest BCUT2D eigenvalue weighted by molar-refractivity contribution is 8.06. The fourth-order valence-corrected chi connectivity index (χ4v) is 3.98. The van der Waals surface area contributed by atoms with Gasteiger partial charge in [-0.25, -0.2) is 9.37 Å². The average Bonchev–Trinajstić information content (AvgIpc) is 2.32. The van der Waals surface area contributed by atoms with Gasteiger partial charge in [-0.15, -0.1) is 0 Å². The summed E-state index contributed by atoms with van der Waals surface area (Å²) in [5.41, 5.74) is 5.40. The normalized spacial score (nSPS) is 20.7. The topological polar surface area (TPSA) is 63.8 Å². The minimum absolute atomic E-state index is 0.0922. The number of thioether (sulfide) groups is 2. The molecule has 1 aromatic rings. The maximum Gasteiger partial charge on any atom is 0.222 e. The standard InChI is InChI=1S/C9H13FN4S2/c10-7-4-13-9(11)14-8(7)12-3-6-5-15-1-2-16-6/h4,6H,1-3,5H2,(H3,11,12,13,14). The summed E-state index contributed by atoms with van der Waals surface area (Å²) in [6, 6.07) is 0. The number of nitrogens with zero attached hydrogens (tertiary/aromatic N) is 2. The van der Waals surface area contributed by atoms with Crippen LogP contribution in [-0.2, 0) is 0 Å². The van der Waals surface area contributed by atoms with Crippen molar-refractivity contribution in [3.05, 3.63) is 12.0 Å². The summed E-state index contributed by atoms with van der Waals surface area (Å²) >= 11 is 3.85. The highest BCUT2D eigenvalue weighted by atomic mass is 32.2. The lowest BCUT2D eigenvalue weighted by molar-refractivity contribution is 0.617. The molecule has 2 rings (SSSR count). The third-order valence-electron chi connectivity index (χ3n) is 2.14. The van der Waals surface area contributed by atoms with Crippen molar-refractivity contribution in [1.82, 2.24) is 9.97 Å². The molecule has 0 aromatic carbocycles. The molecule has 0 bridgehead atoms. The van der Waals surface area contributed by atoms with Crippen molar-refractivity contribution in [3.63, 3.8) is 0 Å². The van der Waals surface area contributed by atoms with Crippen molar-refractivity contribution in [2.24, 2.45) is 0 Å². The first-order chi connectivity index (χ1) is 7.75. The van der Waals surface area contributed by atoms with E-state index in [0.717, 1.165) is 17.7 Å². The van der Waals surface area contributed by atoms with Crippen LogP contribution >= 0.6 is 23.5 Å². The maximum absolute atomic E-state index is 13.3. The Kier molecular flexibility index (Phi) is 4.11. The first kappa shape index (κ1) is 11.8. The van der Waals surface area contributed by atoms with E-state index in [1.54, 1.807) is 0 Å². The highest BCUT2D eigenvalue weighted by Gasteiger charge is 2.15. The fraction of sp³-hybridized carbons (Fsp3) is 0.556. The maximum atomic E-state index is 13.3. The van der Waals surface area contributed by atoms with Gasteiger partial charge in [-0.3, -0.25) is 0 Å². The first-order valence-electron chi connectivity index (χ1n) is 4.97. The number of nitrogens with one attached hydrogen (secondary N) is 1. The summed E-state index contributed by atoms with van der Waals surface area (Å²) in [6.45, 7) is 0.713. The van der Waals surface area contributed by atoms with Crippen molar-refractivity contribution >= 4 is 35.3 Å². The zero-order chi connectivity index (χ0) is 11.4. The van der Waals surface area contributed by atoms with Gasteiger partial charge in [0.15, 0.2) is 11.6 Å². The third kappa shape index (κ3) is 3.15. The molecular weight excluding hydrogens is 247 g/mol. The molecule has 1 aromatic heterocycles. The van der Waals surface area contributed by atoms with Gasteiger partial charge in [0.25, 0.3) is 0 Å². The zero-order valence-electron chi connectivity index (χ0n) is 8.65. The Morgan fingerprint density at radius 3 is 3.19 bits per heavy atom. The van der Waals surface area contributed by atoms with E-state index in [9.17, 15) is 4.39 Å². The van der Waals surface area contributed by atoms with E-state index in [1.807, 2.05) is 23.5 Å². The summed E-state index contributed by atoms with van der Waals surface area (Å²) in [5, 5.41) is 3.49. The molecule has 1 fully saturated rings. The van der Waals surface area contributed by atoms with Crippen LogP contribution in [0.15, 0.2) is 6.20 Å². The quantitative estimate of drug-likeness (QED) is 0.858. The van der Waals surface area contributed by atoms with Crippen LogP contribution < -0.4 is 11.1 Å². The molecule has 0 aliphatic carbocycles. The lowest BCUT2D eigenvalue weighted by Crippen LogP contribution is -2.24. The Labute approximate surface area is 102 Å². The molecular formula is C9H13FN4S2. The van der Waals surface area contributed by atoms with Gasteiger partial charge in [0.1, 0.15) is 0 Å². The minimum Gasteiger partial charge on any atom is -0.368 e. The average molecular weight is 260 g/mol. The van der Waals surface area contributed by atoms with Gasteiger partial charge in [0.2, 0.25) is 5.95 Å². The van der Waals surface area contributed by atoms with Crippen LogP contribution in [0.3, 0.4) is 0 Å². The molecule has 1 atom stereocenters. The molecule has 1 saturated heterocycles.